The molecule has 0 saturated heterocycles. The van der Waals surface area contributed by atoms with Gasteiger partial charge in [0.2, 0.25) is 0 Å². The first-order chi connectivity index (χ1) is 15.2. The van der Waals surface area contributed by atoms with Crippen molar-refractivity contribution >= 4 is 37.6 Å². The van der Waals surface area contributed by atoms with Gasteiger partial charge in [0.1, 0.15) is 11.6 Å². The fourth-order valence-corrected chi connectivity index (χ4v) is 4.31. The number of hydrogen-bond acceptors (Lipinski definition) is 3. The minimum absolute atomic E-state index is 0.0832. The first-order valence-corrected chi connectivity index (χ1v) is 10.7. The molecule has 0 aliphatic heterocycles. The van der Waals surface area contributed by atoms with Crippen LogP contribution in [0.15, 0.2) is 94.2 Å². The molecule has 0 N–H and O–H groups in total. The molecule has 0 unspecified atom stereocenters. The third-order valence-electron chi connectivity index (χ3n) is 5.43. The number of hydrogen-bond donors (Lipinski definition) is 0. The van der Waals surface area contributed by atoms with Crippen molar-refractivity contribution < 1.29 is 4.74 Å². The summed E-state index contributed by atoms with van der Waals surface area (Å²) in [7, 11) is 1.64. The molecule has 0 fully saturated rings. The number of fused-ring (bicyclic) bond motifs is 2. The molecule has 0 amide bonds. The summed E-state index contributed by atoms with van der Waals surface area (Å²) in [6, 6.07) is 27.6. The lowest BCUT2D eigenvalue weighted by Gasteiger charge is -2.18. The fourth-order valence-electron chi connectivity index (χ4n) is 3.95. The predicted molar refractivity (Wildman–Crippen MR) is 129 cm³/mol. The van der Waals surface area contributed by atoms with E-state index in [9.17, 15) is 4.79 Å². The molecule has 1 heterocycles. The summed E-state index contributed by atoms with van der Waals surface area (Å²) < 4.78 is 8.31. The Bertz CT molecular complexity index is 1480. The van der Waals surface area contributed by atoms with Crippen LogP contribution in [-0.2, 0) is 6.54 Å². The van der Waals surface area contributed by atoms with Gasteiger partial charge >= 0.3 is 0 Å². The molecule has 1 aromatic heterocycles. The van der Waals surface area contributed by atoms with Crippen molar-refractivity contribution in [1.29, 1.82) is 0 Å². The van der Waals surface area contributed by atoms with Crippen LogP contribution in [0.3, 0.4) is 0 Å². The molecule has 5 aromatic rings. The standard InChI is InChI=1S/C26H19BrN2O2/c1-31-23-14-11-18-9-5-6-10-20(18)24(23)25-28-22-13-12-19(27)15-21(22)26(30)29(25)16-17-7-3-2-4-8-17/h2-15H,16H2,1H3. The zero-order valence-corrected chi connectivity index (χ0v) is 18.5. The van der Waals surface area contributed by atoms with E-state index in [0.717, 1.165) is 26.4 Å². The van der Waals surface area contributed by atoms with Gasteiger partial charge in [0.15, 0.2) is 0 Å². The van der Waals surface area contributed by atoms with Gasteiger partial charge in [0.05, 0.1) is 30.1 Å². The minimum Gasteiger partial charge on any atom is -0.496 e. The van der Waals surface area contributed by atoms with Crippen molar-refractivity contribution in [2.75, 3.05) is 7.11 Å². The van der Waals surface area contributed by atoms with Crippen LogP contribution in [-0.4, -0.2) is 16.7 Å². The van der Waals surface area contributed by atoms with Gasteiger partial charge in [-0.3, -0.25) is 9.36 Å². The normalized spacial score (nSPS) is 11.2. The van der Waals surface area contributed by atoms with Crippen LogP contribution in [0.1, 0.15) is 5.56 Å². The molecule has 4 nitrogen and oxygen atoms in total. The number of halogens is 1. The first-order valence-electron chi connectivity index (χ1n) is 9.96. The van der Waals surface area contributed by atoms with E-state index in [1.165, 1.54) is 0 Å². The molecular weight excluding hydrogens is 452 g/mol. The van der Waals surface area contributed by atoms with E-state index >= 15 is 0 Å². The maximum Gasteiger partial charge on any atom is 0.262 e. The van der Waals surface area contributed by atoms with Crippen molar-refractivity contribution in [2.24, 2.45) is 0 Å². The number of nitrogens with zero attached hydrogens (tertiary/aromatic N) is 2. The van der Waals surface area contributed by atoms with Crippen LogP contribution in [0.2, 0.25) is 0 Å². The smallest absolute Gasteiger partial charge is 0.262 e. The average molecular weight is 471 g/mol. The Kier molecular flexibility index (Phi) is 5.04. The largest absolute Gasteiger partial charge is 0.496 e. The van der Waals surface area contributed by atoms with Crippen LogP contribution < -0.4 is 10.3 Å². The van der Waals surface area contributed by atoms with E-state index in [1.54, 1.807) is 11.7 Å². The Morgan fingerprint density at radius 3 is 2.48 bits per heavy atom. The highest BCUT2D eigenvalue weighted by Gasteiger charge is 2.19. The molecule has 0 saturated carbocycles. The van der Waals surface area contributed by atoms with Gasteiger partial charge in [-0.2, -0.15) is 0 Å². The molecule has 5 heteroatoms. The van der Waals surface area contributed by atoms with Gasteiger partial charge in [-0.1, -0.05) is 76.6 Å². The molecule has 0 atom stereocenters. The molecule has 0 radical (unpaired) electrons. The highest BCUT2D eigenvalue weighted by molar-refractivity contribution is 9.10. The maximum atomic E-state index is 13.7. The summed E-state index contributed by atoms with van der Waals surface area (Å²) in [5.74, 6) is 1.28. The van der Waals surface area contributed by atoms with E-state index in [-0.39, 0.29) is 5.56 Å². The van der Waals surface area contributed by atoms with Gasteiger partial charge in [-0.25, -0.2) is 4.98 Å². The van der Waals surface area contributed by atoms with E-state index in [1.807, 2.05) is 78.9 Å². The lowest BCUT2D eigenvalue weighted by Crippen LogP contribution is -2.24. The summed E-state index contributed by atoms with van der Waals surface area (Å²) >= 11 is 3.48. The van der Waals surface area contributed by atoms with Crippen molar-refractivity contribution in [3.63, 3.8) is 0 Å². The van der Waals surface area contributed by atoms with Crippen molar-refractivity contribution in [3.8, 4) is 17.1 Å². The summed E-state index contributed by atoms with van der Waals surface area (Å²) in [6.45, 7) is 0.414. The molecule has 152 valence electrons. The monoisotopic (exact) mass is 470 g/mol. The lowest BCUT2D eigenvalue weighted by molar-refractivity contribution is 0.416. The SMILES string of the molecule is COc1ccc2ccccc2c1-c1nc2ccc(Br)cc2c(=O)n1Cc1ccccc1. The number of methoxy groups -OCH3 is 1. The highest BCUT2D eigenvalue weighted by Crippen LogP contribution is 2.36. The molecule has 31 heavy (non-hydrogen) atoms. The Morgan fingerprint density at radius 1 is 0.903 bits per heavy atom. The minimum atomic E-state index is -0.0832. The van der Waals surface area contributed by atoms with E-state index in [4.69, 9.17) is 9.72 Å². The maximum absolute atomic E-state index is 13.7. The van der Waals surface area contributed by atoms with Crippen molar-refractivity contribution in [1.82, 2.24) is 9.55 Å². The topological polar surface area (TPSA) is 44.1 Å². The Labute approximate surface area is 187 Å². The number of ether oxygens (including phenoxy) is 1. The molecular formula is C26H19BrN2O2. The summed E-state index contributed by atoms with van der Waals surface area (Å²) in [5, 5.41) is 2.63. The lowest BCUT2D eigenvalue weighted by atomic mass is 10.0. The number of aromatic nitrogens is 2. The van der Waals surface area contributed by atoms with Crippen LogP contribution >= 0.6 is 15.9 Å². The van der Waals surface area contributed by atoms with E-state index in [2.05, 4.69) is 22.0 Å². The molecule has 0 spiro atoms. The quantitative estimate of drug-likeness (QED) is 0.321. The molecule has 0 aliphatic carbocycles. The molecule has 0 bridgehead atoms. The second-order valence-corrected chi connectivity index (χ2v) is 8.25. The predicted octanol–water partition coefficient (Wildman–Crippen LogP) is 6.04. The zero-order chi connectivity index (χ0) is 21.4. The van der Waals surface area contributed by atoms with Gasteiger partial charge < -0.3 is 4.74 Å². The summed E-state index contributed by atoms with van der Waals surface area (Å²) in [4.78, 5) is 18.6. The molecule has 0 aliphatic rings. The summed E-state index contributed by atoms with van der Waals surface area (Å²) in [5.41, 5.74) is 2.42. The van der Waals surface area contributed by atoms with E-state index in [0.29, 0.717) is 29.0 Å². The Morgan fingerprint density at radius 2 is 1.68 bits per heavy atom. The van der Waals surface area contributed by atoms with Crippen LogP contribution in [0.4, 0.5) is 0 Å². The Hall–Kier alpha value is -3.44. The third kappa shape index (κ3) is 3.51. The second-order valence-electron chi connectivity index (χ2n) is 7.34. The third-order valence-corrected chi connectivity index (χ3v) is 5.93. The Balaban J connectivity index is 1.89. The number of benzene rings is 4. The van der Waals surface area contributed by atoms with Gasteiger partial charge in [0, 0.05) is 4.47 Å². The second kappa shape index (κ2) is 8.00. The molecule has 4 aromatic carbocycles. The molecule has 5 rings (SSSR count). The van der Waals surface area contributed by atoms with Crippen molar-refractivity contribution in [3.05, 3.63) is 105 Å². The number of rotatable bonds is 4. The average Bonchev–Trinajstić information content (AvgIpc) is 2.81. The summed E-state index contributed by atoms with van der Waals surface area (Å²) in [6.07, 6.45) is 0. The van der Waals surface area contributed by atoms with Gasteiger partial charge in [0.25, 0.3) is 5.56 Å². The van der Waals surface area contributed by atoms with Gasteiger partial charge in [-0.05, 0) is 40.6 Å². The van der Waals surface area contributed by atoms with Crippen LogP contribution in [0, 0.1) is 0 Å². The first kappa shape index (κ1) is 19.5. The van der Waals surface area contributed by atoms with E-state index < -0.39 is 0 Å². The van der Waals surface area contributed by atoms with Crippen LogP contribution in [0.25, 0.3) is 33.1 Å². The fraction of sp³-hybridized carbons (Fsp3) is 0.0769. The van der Waals surface area contributed by atoms with Crippen LogP contribution in [0.5, 0.6) is 5.75 Å². The zero-order valence-electron chi connectivity index (χ0n) is 16.9. The highest BCUT2D eigenvalue weighted by atomic mass is 79.9. The van der Waals surface area contributed by atoms with Crippen molar-refractivity contribution in [2.45, 2.75) is 6.54 Å². The van der Waals surface area contributed by atoms with Gasteiger partial charge in [-0.15, -0.1) is 0 Å².